The lowest BCUT2D eigenvalue weighted by molar-refractivity contribution is 0.410. The van der Waals surface area contributed by atoms with Crippen molar-refractivity contribution in [2.24, 2.45) is 5.73 Å². The Balaban J connectivity index is 3.04. The summed E-state index contributed by atoms with van der Waals surface area (Å²) in [7, 11) is 1.71. The van der Waals surface area contributed by atoms with Gasteiger partial charge in [0.05, 0.1) is 12.8 Å². The summed E-state index contributed by atoms with van der Waals surface area (Å²) in [5.74, 6) is 0.917. The Kier molecular flexibility index (Phi) is 4.40. The molecule has 0 aliphatic rings. The van der Waals surface area contributed by atoms with Gasteiger partial charge in [-0.05, 0) is 57.9 Å². The van der Waals surface area contributed by atoms with Crippen molar-refractivity contribution in [3.63, 3.8) is 0 Å². The van der Waals surface area contributed by atoms with Crippen LogP contribution in [0.5, 0.6) is 5.75 Å². The van der Waals surface area contributed by atoms with E-state index in [0.29, 0.717) is 6.54 Å². The zero-order chi connectivity index (χ0) is 13.1. The van der Waals surface area contributed by atoms with Crippen molar-refractivity contribution >= 4 is 5.69 Å². The van der Waals surface area contributed by atoms with Crippen LogP contribution in [-0.4, -0.2) is 19.2 Å². The maximum atomic E-state index is 5.63. The number of anilines is 1. The van der Waals surface area contributed by atoms with Crippen LogP contribution in [0.1, 0.15) is 31.4 Å². The van der Waals surface area contributed by atoms with E-state index >= 15 is 0 Å². The average molecular weight is 236 g/mol. The van der Waals surface area contributed by atoms with E-state index in [1.807, 2.05) is 0 Å². The summed E-state index contributed by atoms with van der Waals surface area (Å²) >= 11 is 0. The molecule has 1 aromatic carbocycles. The van der Waals surface area contributed by atoms with E-state index in [1.54, 1.807) is 7.11 Å². The third-order valence-corrected chi connectivity index (χ3v) is 2.87. The topological polar surface area (TPSA) is 47.3 Å². The van der Waals surface area contributed by atoms with Crippen molar-refractivity contribution in [1.29, 1.82) is 0 Å². The Morgan fingerprint density at radius 2 is 1.94 bits per heavy atom. The lowest BCUT2D eigenvalue weighted by Crippen LogP contribution is -2.33. The molecule has 96 valence electrons. The van der Waals surface area contributed by atoms with Crippen molar-refractivity contribution in [3.05, 3.63) is 23.3 Å². The Hall–Kier alpha value is -1.22. The molecule has 1 rings (SSSR count). The molecule has 0 spiro atoms. The molecule has 0 radical (unpaired) electrons. The minimum atomic E-state index is -0.0255. The molecule has 17 heavy (non-hydrogen) atoms. The maximum Gasteiger partial charge on any atom is 0.144 e. The van der Waals surface area contributed by atoms with Crippen LogP contribution in [0.25, 0.3) is 0 Å². The number of benzene rings is 1. The van der Waals surface area contributed by atoms with Gasteiger partial charge >= 0.3 is 0 Å². The third kappa shape index (κ3) is 3.63. The Bertz CT molecular complexity index is 386. The second-order valence-corrected chi connectivity index (χ2v) is 5.21. The molecule has 0 bridgehead atoms. The van der Waals surface area contributed by atoms with Crippen LogP contribution >= 0.6 is 0 Å². The Morgan fingerprint density at radius 3 is 2.47 bits per heavy atom. The van der Waals surface area contributed by atoms with Crippen LogP contribution in [0.3, 0.4) is 0 Å². The number of methoxy groups -OCH3 is 1. The summed E-state index contributed by atoms with van der Waals surface area (Å²) in [6, 6.07) is 4.24. The lowest BCUT2D eigenvalue weighted by Gasteiger charge is -2.28. The number of aryl methyl sites for hydroxylation is 2. The first-order valence-electron chi connectivity index (χ1n) is 6.03. The molecule has 0 saturated carbocycles. The second-order valence-electron chi connectivity index (χ2n) is 5.21. The first-order valence-corrected chi connectivity index (χ1v) is 6.03. The van der Waals surface area contributed by atoms with Crippen molar-refractivity contribution < 1.29 is 4.74 Å². The highest BCUT2D eigenvalue weighted by Crippen LogP contribution is 2.32. The van der Waals surface area contributed by atoms with Gasteiger partial charge in [-0.25, -0.2) is 0 Å². The summed E-state index contributed by atoms with van der Waals surface area (Å²) in [5, 5.41) is 3.52. The van der Waals surface area contributed by atoms with Gasteiger partial charge in [-0.15, -0.1) is 0 Å². The Morgan fingerprint density at radius 1 is 1.29 bits per heavy atom. The fourth-order valence-corrected chi connectivity index (χ4v) is 2.11. The van der Waals surface area contributed by atoms with Crippen LogP contribution in [0.2, 0.25) is 0 Å². The van der Waals surface area contributed by atoms with E-state index in [4.69, 9.17) is 10.5 Å². The molecule has 0 saturated heterocycles. The molecule has 0 aliphatic carbocycles. The summed E-state index contributed by atoms with van der Waals surface area (Å²) in [6.45, 7) is 9.13. The maximum absolute atomic E-state index is 5.63. The molecule has 0 aliphatic heterocycles. The second kappa shape index (κ2) is 5.41. The van der Waals surface area contributed by atoms with E-state index in [2.05, 4.69) is 45.1 Å². The van der Waals surface area contributed by atoms with Gasteiger partial charge in [0, 0.05) is 5.54 Å². The first-order chi connectivity index (χ1) is 7.89. The summed E-state index contributed by atoms with van der Waals surface area (Å²) in [6.07, 6.45) is 0.920. The van der Waals surface area contributed by atoms with Gasteiger partial charge in [0.15, 0.2) is 0 Å². The highest BCUT2D eigenvalue weighted by molar-refractivity contribution is 5.62. The predicted octanol–water partition coefficient (Wildman–Crippen LogP) is 2.85. The van der Waals surface area contributed by atoms with E-state index in [-0.39, 0.29) is 5.54 Å². The zero-order valence-corrected chi connectivity index (χ0v) is 11.6. The minimum absolute atomic E-state index is 0.0255. The molecule has 0 heterocycles. The fourth-order valence-electron chi connectivity index (χ4n) is 2.11. The van der Waals surface area contributed by atoms with Gasteiger partial charge in [-0.2, -0.15) is 0 Å². The first kappa shape index (κ1) is 13.8. The number of hydrogen-bond acceptors (Lipinski definition) is 3. The molecular weight excluding hydrogens is 212 g/mol. The van der Waals surface area contributed by atoms with Crippen molar-refractivity contribution in [2.75, 3.05) is 19.0 Å². The van der Waals surface area contributed by atoms with Gasteiger partial charge in [0.2, 0.25) is 0 Å². The minimum Gasteiger partial charge on any atom is -0.494 e. The van der Waals surface area contributed by atoms with Crippen LogP contribution < -0.4 is 15.8 Å². The number of rotatable bonds is 5. The quantitative estimate of drug-likeness (QED) is 0.826. The Labute approximate surface area is 104 Å². The number of nitrogens with one attached hydrogen (secondary N) is 1. The van der Waals surface area contributed by atoms with Gasteiger partial charge in [0.25, 0.3) is 0 Å². The largest absolute Gasteiger partial charge is 0.494 e. The smallest absolute Gasteiger partial charge is 0.144 e. The molecule has 0 fully saturated rings. The van der Waals surface area contributed by atoms with E-state index < -0.39 is 0 Å². The summed E-state index contributed by atoms with van der Waals surface area (Å²) in [5.41, 5.74) is 9.03. The average Bonchev–Trinajstić information content (AvgIpc) is 2.15. The van der Waals surface area contributed by atoms with Crippen molar-refractivity contribution in [2.45, 2.75) is 39.7 Å². The SMILES string of the molecule is COc1c(C)cc(C)cc1NC(C)(C)CCN. The molecule has 3 N–H and O–H groups in total. The molecular formula is C14H24N2O. The molecule has 0 unspecified atom stereocenters. The number of nitrogens with two attached hydrogens (primary N) is 1. The van der Waals surface area contributed by atoms with Gasteiger partial charge in [0.1, 0.15) is 5.75 Å². The van der Waals surface area contributed by atoms with Crippen molar-refractivity contribution in [1.82, 2.24) is 0 Å². The number of ether oxygens (including phenoxy) is 1. The zero-order valence-electron chi connectivity index (χ0n) is 11.6. The predicted molar refractivity (Wildman–Crippen MR) is 73.8 cm³/mol. The van der Waals surface area contributed by atoms with Crippen LogP contribution in [0.15, 0.2) is 12.1 Å². The van der Waals surface area contributed by atoms with E-state index in [1.165, 1.54) is 5.56 Å². The molecule has 0 aromatic heterocycles. The monoisotopic (exact) mass is 236 g/mol. The van der Waals surface area contributed by atoms with Gasteiger partial charge in [-0.3, -0.25) is 0 Å². The highest BCUT2D eigenvalue weighted by atomic mass is 16.5. The molecule has 1 aromatic rings. The van der Waals surface area contributed by atoms with Crippen LogP contribution in [-0.2, 0) is 0 Å². The van der Waals surface area contributed by atoms with Gasteiger partial charge < -0.3 is 15.8 Å². The fraction of sp³-hybridized carbons (Fsp3) is 0.571. The number of hydrogen-bond donors (Lipinski definition) is 2. The van der Waals surface area contributed by atoms with Gasteiger partial charge in [-0.1, -0.05) is 6.07 Å². The third-order valence-electron chi connectivity index (χ3n) is 2.87. The van der Waals surface area contributed by atoms with E-state index in [0.717, 1.165) is 23.4 Å². The lowest BCUT2D eigenvalue weighted by atomic mass is 9.99. The normalized spacial score (nSPS) is 11.4. The molecule has 3 nitrogen and oxygen atoms in total. The highest BCUT2D eigenvalue weighted by Gasteiger charge is 2.19. The van der Waals surface area contributed by atoms with E-state index in [9.17, 15) is 0 Å². The summed E-state index contributed by atoms with van der Waals surface area (Å²) in [4.78, 5) is 0. The van der Waals surface area contributed by atoms with Crippen molar-refractivity contribution in [3.8, 4) is 5.75 Å². The standard InChI is InChI=1S/C14H24N2O/c1-10-8-11(2)13(17-5)12(9-10)16-14(3,4)6-7-15/h8-9,16H,6-7,15H2,1-5H3. The molecule has 3 heteroatoms. The van der Waals surface area contributed by atoms with Crippen LogP contribution in [0, 0.1) is 13.8 Å². The molecule has 0 amide bonds. The van der Waals surface area contributed by atoms with Crippen LogP contribution in [0.4, 0.5) is 5.69 Å². The molecule has 0 atom stereocenters. The summed E-state index contributed by atoms with van der Waals surface area (Å²) < 4.78 is 5.46.